The van der Waals surface area contributed by atoms with E-state index < -0.39 is 6.03 Å². The summed E-state index contributed by atoms with van der Waals surface area (Å²) in [6.07, 6.45) is 0. The molecule has 1 aromatic rings. The number of carbonyl (C=O) groups is 1. The fourth-order valence-corrected chi connectivity index (χ4v) is 0.952. The van der Waals surface area contributed by atoms with E-state index in [-0.39, 0.29) is 11.8 Å². The van der Waals surface area contributed by atoms with E-state index in [1.54, 1.807) is 6.07 Å². The van der Waals surface area contributed by atoms with E-state index >= 15 is 0 Å². The Hall–Kier alpha value is -2.25. The van der Waals surface area contributed by atoms with Crippen molar-refractivity contribution in [3.63, 3.8) is 0 Å². The highest BCUT2D eigenvalue weighted by molar-refractivity contribution is 5.71. The molecular formula is C7H13N7O. The van der Waals surface area contributed by atoms with Crippen molar-refractivity contribution in [3.05, 3.63) is 6.07 Å². The van der Waals surface area contributed by atoms with Gasteiger partial charge in [-0.2, -0.15) is 9.97 Å². The second kappa shape index (κ2) is 4.84. The molecule has 0 aliphatic rings. The van der Waals surface area contributed by atoms with Crippen LogP contribution < -0.4 is 27.8 Å². The topological polar surface area (TPSA) is 145 Å². The highest BCUT2D eigenvalue weighted by Gasteiger charge is 1.98. The molecular weight excluding hydrogens is 198 g/mol. The van der Waals surface area contributed by atoms with Crippen LogP contribution in [0.1, 0.15) is 0 Å². The van der Waals surface area contributed by atoms with E-state index in [1.807, 2.05) is 0 Å². The molecule has 82 valence electrons. The number of nitrogen functional groups attached to an aromatic ring is 2. The molecule has 0 bridgehead atoms. The van der Waals surface area contributed by atoms with Gasteiger partial charge < -0.3 is 27.8 Å². The maximum absolute atomic E-state index is 10.3. The highest BCUT2D eigenvalue weighted by Crippen LogP contribution is 2.08. The van der Waals surface area contributed by atoms with Crippen molar-refractivity contribution in [1.82, 2.24) is 15.3 Å². The van der Waals surface area contributed by atoms with Gasteiger partial charge in [-0.15, -0.1) is 0 Å². The minimum Gasteiger partial charge on any atom is -0.383 e. The lowest BCUT2D eigenvalue weighted by Crippen LogP contribution is -2.33. The molecule has 0 aliphatic carbocycles. The number of aromatic nitrogens is 2. The molecule has 1 aromatic heterocycles. The average Bonchev–Trinajstić information content (AvgIpc) is 2.10. The molecule has 1 rings (SSSR count). The molecule has 0 radical (unpaired) electrons. The van der Waals surface area contributed by atoms with Gasteiger partial charge in [-0.1, -0.05) is 0 Å². The summed E-state index contributed by atoms with van der Waals surface area (Å²) in [5.74, 6) is 0.888. The molecule has 0 saturated heterocycles. The Balaban J connectivity index is 2.40. The van der Waals surface area contributed by atoms with Gasteiger partial charge in [0.15, 0.2) is 0 Å². The van der Waals surface area contributed by atoms with Gasteiger partial charge in [0.25, 0.3) is 0 Å². The lowest BCUT2D eigenvalue weighted by atomic mass is 10.5. The van der Waals surface area contributed by atoms with Gasteiger partial charge in [-0.05, 0) is 0 Å². The SMILES string of the molecule is NC(=O)NCCNc1cc(N)nc(N)n1. The van der Waals surface area contributed by atoms with Gasteiger partial charge in [0.2, 0.25) is 5.95 Å². The van der Waals surface area contributed by atoms with Crippen LogP contribution in [-0.2, 0) is 0 Å². The zero-order valence-corrected chi connectivity index (χ0v) is 8.03. The maximum atomic E-state index is 10.3. The normalized spacial score (nSPS) is 9.60. The monoisotopic (exact) mass is 211 g/mol. The van der Waals surface area contributed by atoms with Crippen LogP contribution in [0.25, 0.3) is 0 Å². The van der Waals surface area contributed by atoms with Crippen LogP contribution in [0.15, 0.2) is 6.07 Å². The van der Waals surface area contributed by atoms with Crippen molar-refractivity contribution in [1.29, 1.82) is 0 Å². The molecule has 0 fully saturated rings. The van der Waals surface area contributed by atoms with Gasteiger partial charge in [-0.3, -0.25) is 0 Å². The van der Waals surface area contributed by atoms with E-state index in [1.165, 1.54) is 0 Å². The highest BCUT2D eigenvalue weighted by atomic mass is 16.2. The van der Waals surface area contributed by atoms with Crippen LogP contribution in [0.5, 0.6) is 0 Å². The Kier molecular flexibility index (Phi) is 3.49. The van der Waals surface area contributed by atoms with E-state index in [4.69, 9.17) is 17.2 Å². The quantitative estimate of drug-likeness (QED) is 0.392. The molecule has 0 saturated carbocycles. The lowest BCUT2D eigenvalue weighted by molar-refractivity contribution is 0.249. The predicted molar refractivity (Wildman–Crippen MR) is 56.9 cm³/mol. The van der Waals surface area contributed by atoms with Crippen LogP contribution in [0.2, 0.25) is 0 Å². The fourth-order valence-electron chi connectivity index (χ4n) is 0.952. The van der Waals surface area contributed by atoms with Gasteiger partial charge in [-0.25, -0.2) is 4.79 Å². The van der Waals surface area contributed by atoms with Crippen molar-refractivity contribution in [3.8, 4) is 0 Å². The molecule has 0 unspecified atom stereocenters. The number of urea groups is 1. The Labute approximate surface area is 86.2 Å². The number of nitrogens with two attached hydrogens (primary N) is 3. The van der Waals surface area contributed by atoms with E-state index in [0.29, 0.717) is 18.9 Å². The summed E-state index contributed by atoms with van der Waals surface area (Å²) in [5.41, 5.74) is 15.7. The number of nitrogens with zero attached hydrogens (tertiary/aromatic N) is 2. The summed E-state index contributed by atoms with van der Waals surface area (Å²) < 4.78 is 0. The molecule has 8 heteroatoms. The number of amides is 2. The van der Waals surface area contributed by atoms with E-state index in [9.17, 15) is 4.79 Å². The van der Waals surface area contributed by atoms with Crippen LogP contribution in [0.4, 0.5) is 22.4 Å². The number of carbonyl (C=O) groups excluding carboxylic acids is 1. The van der Waals surface area contributed by atoms with Gasteiger partial charge in [0, 0.05) is 19.2 Å². The number of hydrogen-bond donors (Lipinski definition) is 5. The van der Waals surface area contributed by atoms with Crippen molar-refractivity contribution in [2.75, 3.05) is 29.9 Å². The summed E-state index contributed by atoms with van der Waals surface area (Å²) in [6, 6.07) is 0.971. The molecule has 0 aliphatic heterocycles. The largest absolute Gasteiger partial charge is 0.383 e. The van der Waals surface area contributed by atoms with Crippen LogP contribution in [0.3, 0.4) is 0 Å². The third-order valence-electron chi connectivity index (χ3n) is 1.49. The molecule has 0 atom stereocenters. The summed E-state index contributed by atoms with van der Waals surface area (Å²) in [4.78, 5) is 17.9. The smallest absolute Gasteiger partial charge is 0.312 e. The second-order valence-electron chi connectivity index (χ2n) is 2.75. The molecule has 2 amide bonds. The first-order valence-corrected chi connectivity index (χ1v) is 4.25. The third-order valence-corrected chi connectivity index (χ3v) is 1.49. The molecule has 8 N–H and O–H groups in total. The van der Waals surface area contributed by atoms with Gasteiger partial charge in [0.05, 0.1) is 0 Å². The first-order chi connectivity index (χ1) is 7.08. The lowest BCUT2D eigenvalue weighted by Gasteiger charge is -2.06. The summed E-state index contributed by atoms with van der Waals surface area (Å²) in [7, 11) is 0. The predicted octanol–water partition coefficient (Wildman–Crippen LogP) is -1.28. The van der Waals surface area contributed by atoms with E-state index in [0.717, 1.165) is 0 Å². The molecule has 0 spiro atoms. The fraction of sp³-hybridized carbons (Fsp3) is 0.286. The van der Waals surface area contributed by atoms with Crippen LogP contribution >= 0.6 is 0 Å². The third kappa shape index (κ3) is 3.98. The Morgan fingerprint density at radius 2 is 2.07 bits per heavy atom. The standard InChI is InChI=1S/C7H13N7O/c8-4-3-5(14-6(9)13-4)11-1-2-12-7(10)15/h3H,1-2H2,(H3,10,12,15)(H5,8,9,11,13,14). The molecule has 8 nitrogen and oxygen atoms in total. The Bertz CT molecular complexity index is 333. The van der Waals surface area contributed by atoms with Crippen LogP contribution in [-0.4, -0.2) is 29.1 Å². The first-order valence-electron chi connectivity index (χ1n) is 4.25. The zero-order valence-electron chi connectivity index (χ0n) is 8.03. The summed E-state index contributed by atoms with van der Waals surface area (Å²) in [6.45, 7) is 0.859. The number of anilines is 3. The zero-order chi connectivity index (χ0) is 11.3. The molecule has 0 aromatic carbocycles. The van der Waals surface area contributed by atoms with Crippen molar-refractivity contribution >= 4 is 23.6 Å². The van der Waals surface area contributed by atoms with Crippen molar-refractivity contribution < 1.29 is 4.79 Å². The first kappa shape index (κ1) is 10.8. The number of nitrogens with one attached hydrogen (secondary N) is 2. The van der Waals surface area contributed by atoms with Crippen molar-refractivity contribution in [2.45, 2.75) is 0 Å². The summed E-state index contributed by atoms with van der Waals surface area (Å²) >= 11 is 0. The summed E-state index contributed by atoms with van der Waals surface area (Å²) in [5, 5.41) is 5.32. The Morgan fingerprint density at radius 1 is 1.33 bits per heavy atom. The minimum atomic E-state index is -0.571. The minimum absolute atomic E-state index is 0.0976. The maximum Gasteiger partial charge on any atom is 0.312 e. The average molecular weight is 211 g/mol. The van der Waals surface area contributed by atoms with Crippen LogP contribution in [0, 0.1) is 0 Å². The number of rotatable bonds is 4. The van der Waals surface area contributed by atoms with Gasteiger partial charge >= 0.3 is 6.03 Å². The molecule has 1 heterocycles. The van der Waals surface area contributed by atoms with Crippen molar-refractivity contribution in [2.24, 2.45) is 5.73 Å². The number of hydrogen-bond acceptors (Lipinski definition) is 6. The van der Waals surface area contributed by atoms with E-state index in [2.05, 4.69) is 20.6 Å². The molecule has 15 heavy (non-hydrogen) atoms. The Morgan fingerprint density at radius 3 is 2.67 bits per heavy atom. The van der Waals surface area contributed by atoms with Gasteiger partial charge in [0.1, 0.15) is 11.6 Å². The second-order valence-corrected chi connectivity index (χ2v) is 2.75. The number of primary amides is 1.